The molecule has 2 rings (SSSR count). The molecule has 6 heteroatoms. The van der Waals surface area contributed by atoms with E-state index in [1.807, 2.05) is 30.3 Å². The minimum Gasteiger partial charge on any atom is -0.353 e. The molecule has 1 aliphatic heterocycles. The first-order valence-corrected chi connectivity index (χ1v) is 7.37. The summed E-state index contributed by atoms with van der Waals surface area (Å²) in [7, 11) is 2.13. The second-order valence-corrected chi connectivity index (χ2v) is 5.76. The Morgan fingerprint density at radius 1 is 1.36 bits per heavy atom. The molecule has 3 N–H and O–H groups in total. The maximum atomic E-state index is 12.4. The van der Waals surface area contributed by atoms with E-state index in [0.717, 1.165) is 24.9 Å². The summed E-state index contributed by atoms with van der Waals surface area (Å²) in [4.78, 5) is 14.8. The van der Waals surface area contributed by atoms with Crippen LogP contribution in [0.2, 0.25) is 0 Å². The lowest BCUT2D eigenvalue weighted by Crippen LogP contribution is -2.48. The molecule has 3 unspecified atom stereocenters. The minimum atomic E-state index is -0.244. The Morgan fingerprint density at radius 3 is 2.55 bits per heavy atom. The third-order valence-electron chi connectivity index (χ3n) is 4.31. The van der Waals surface area contributed by atoms with Gasteiger partial charge in [-0.2, -0.15) is 0 Å². The predicted octanol–water partition coefficient (Wildman–Crippen LogP) is 2.17. The van der Waals surface area contributed by atoms with Crippen molar-refractivity contribution >= 4 is 30.7 Å². The van der Waals surface area contributed by atoms with Gasteiger partial charge in [0.15, 0.2) is 0 Å². The Labute approximate surface area is 145 Å². The van der Waals surface area contributed by atoms with Gasteiger partial charge in [0.1, 0.15) is 0 Å². The van der Waals surface area contributed by atoms with E-state index in [1.165, 1.54) is 0 Å². The molecule has 126 valence electrons. The molecule has 0 spiro atoms. The molecule has 0 aliphatic carbocycles. The lowest BCUT2D eigenvalue weighted by atomic mass is 9.95. The zero-order valence-corrected chi connectivity index (χ0v) is 14.8. The number of amides is 1. The number of hydrogen-bond donors (Lipinski definition) is 2. The molecule has 1 amide bonds. The van der Waals surface area contributed by atoms with Gasteiger partial charge in [0.05, 0.1) is 5.92 Å². The van der Waals surface area contributed by atoms with Crippen molar-refractivity contribution in [2.45, 2.75) is 37.8 Å². The van der Waals surface area contributed by atoms with Gasteiger partial charge in [0, 0.05) is 25.2 Å². The fourth-order valence-corrected chi connectivity index (χ4v) is 2.80. The van der Waals surface area contributed by atoms with Gasteiger partial charge in [-0.05, 0) is 32.4 Å². The van der Waals surface area contributed by atoms with Crippen molar-refractivity contribution in [1.82, 2.24) is 10.2 Å². The topological polar surface area (TPSA) is 58.4 Å². The standard InChI is InChI=1S/C16H25N3O.2ClH/c1-12-10-14(8-9-19(12)2)18-16(20)15(11-17)13-6-4-3-5-7-13;;/h3-7,12,14-15H,8-11,17H2,1-2H3,(H,18,20);2*1H. The van der Waals surface area contributed by atoms with Crippen molar-refractivity contribution in [3.8, 4) is 0 Å². The van der Waals surface area contributed by atoms with Crippen molar-refractivity contribution in [3.63, 3.8) is 0 Å². The van der Waals surface area contributed by atoms with Crippen LogP contribution in [0.4, 0.5) is 0 Å². The molecule has 0 bridgehead atoms. The molecule has 4 nitrogen and oxygen atoms in total. The van der Waals surface area contributed by atoms with Crippen molar-refractivity contribution in [2.75, 3.05) is 20.1 Å². The maximum Gasteiger partial charge on any atom is 0.229 e. The number of benzene rings is 1. The molecule has 0 saturated carbocycles. The van der Waals surface area contributed by atoms with Crippen LogP contribution in [0.3, 0.4) is 0 Å². The number of likely N-dealkylation sites (tertiary alicyclic amines) is 1. The summed E-state index contributed by atoms with van der Waals surface area (Å²) >= 11 is 0. The highest BCUT2D eigenvalue weighted by molar-refractivity contribution is 5.85. The fourth-order valence-electron chi connectivity index (χ4n) is 2.80. The third-order valence-corrected chi connectivity index (χ3v) is 4.31. The number of nitrogens with two attached hydrogens (primary N) is 1. The summed E-state index contributed by atoms with van der Waals surface area (Å²) in [6.45, 7) is 3.58. The van der Waals surface area contributed by atoms with E-state index in [-0.39, 0.29) is 42.7 Å². The van der Waals surface area contributed by atoms with Crippen molar-refractivity contribution < 1.29 is 4.79 Å². The SMILES string of the molecule is CC1CC(NC(=O)C(CN)c2ccccc2)CCN1C.Cl.Cl. The highest BCUT2D eigenvalue weighted by Gasteiger charge is 2.26. The normalized spacial score (nSPS) is 22.9. The van der Waals surface area contributed by atoms with Crippen LogP contribution >= 0.6 is 24.8 Å². The molecular formula is C16H27Cl2N3O. The molecule has 0 aromatic heterocycles. The summed E-state index contributed by atoms with van der Waals surface area (Å²) in [6, 6.07) is 10.6. The summed E-state index contributed by atoms with van der Waals surface area (Å²) in [6.07, 6.45) is 2.02. The van der Waals surface area contributed by atoms with Gasteiger partial charge in [-0.25, -0.2) is 0 Å². The number of nitrogens with one attached hydrogen (secondary N) is 1. The Kier molecular flexibility index (Phi) is 9.69. The molecule has 1 heterocycles. The van der Waals surface area contributed by atoms with Crippen LogP contribution in [0, 0.1) is 0 Å². The van der Waals surface area contributed by atoms with Gasteiger partial charge in [-0.3, -0.25) is 4.79 Å². The first kappa shape index (κ1) is 21.2. The molecular weight excluding hydrogens is 321 g/mol. The highest BCUT2D eigenvalue weighted by Crippen LogP contribution is 2.18. The molecule has 1 fully saturated rings. The van der Waals surface area contributed by atoms with E-state index in [4.69, 9.17) is 5.73 Å². The van der Waals surface area contributed by atoms with Gasteiger partial charge in [-0.15, -0.1) is 24.8 Å². The van der Waals surface area contributed by atoms with Crippen LogP contribution in [-0.4, -0.2) is 43.0 Å². The fraction of sp³-hybridized carbons (Fsp3) is 0.562. The van der Waals surface area contributed by atoms with Gasteiger partial charge in [0.25, 0.3) is 0 Å². The van der Waals surface area contributed by atoms with Gasteiger partial charge in [0.2, 0.25) is 5.91 Å². The number of hydrogen-bond acceptors (Lipinski definition) is 3. The van der Waals surface area contributed by atoms with E-state index in [2.05, 4.69) is 24.2 Å². The first-order valence-electron chi connectivity index (χ1n) is 7.37. The number of halogens is 2. The number of piperidine rings is 1. The second kappa shape index (κ2) is 10.1. The number of carbonyl (C=O) groups is 1. The Morgan fingerprint density at radius 2 is 2.00 bits per heavy atom. The van der Waals surface area contributed by atoms with Crippen LogP contribution in [0.25, 0.3) is 0 Å². The van der Waals surface area contributed by atoms with E-state index >= 15 is 0 Å². The second-order valence-electron chi connectivity index (χ2n) is 5.76. The zero-order valence-electron chi connectivity index (χ0n) is 13.2. The first-order chi connectivity index (χ1) is 9.61. The van der Waals surface area contributed by atoms with Gasteiger partial charge < -0.3 is 16.0 Å². The maximum absolute atomic E-state index is 12.4. The minimum absolute atomic E-state index is 0. The summed E-state index contributed by atoms with van der Waals surface area (Å²) in [5.74, 6) is -0.188. The largest absolute Gasteiger partial charge is 0.353 e. The molecule has 22 heavy (non-hydrogen) atoms. The number of rotatable bonds is 4. The lowest BCUT2D eigenvalue weighted by molar-refractivity contribution is -0.123. The molecule has 1 aliphatic rings. The van der Waals surface area contributed by atoms with Crippen molar-refractivity contribution in [1.29, 1.82) is 0 Å². The zero-order chi connectivity index (χ0) is 14.5. The summed E-state index contributed by atoms with van der Waals surface area (Å²) < 4.78 is 0. The Hall–Kier alpha value is -0.810. The number of carbonyl (C=O) groups excluding carboxylic acids is 1. The lowest BCUT2D eigenvalue weighted by Gasteiger charge is -2.35. The van der Waals surface area contributed by atoms with Crippen molar-refractivity contribution in [3.05, 3.63) is 35.9 Å². The Bertz CT molecular complexity index is 444. The average molecular weight is 348 g/mol. The summed E-state index contributed by atoms with van der Waals surface area (Å²) in [5.41, 5.74) is 6.79. The van der Waals surface area contributed by atoms with E-state index in [1.54, 1.807) is 0 Å². The predicted molar refractivity (Wildman–Crippen MR) is 96.0 cm³/mol. The summed E-state index contributed by atoms with van der Waals surface area (Å²) in [5, 5.41) is 3.17. The monoisotopic (exact) mass is 347 g/mol. The van der Waals surface area contributed by atoms with Gasteiger partial charge in [-0.1, -0.05) is 30.3 Å². The van der Waals surface area contributed by atoms with Crippen molar-refractivity contribution in [2.24, 2.45) is 5.73 Å². The quantitative estimate of drug-likeness (QED) is 0.877. The molecule has 1 aromatic rings. The molecule has 1 aromatic carbocycles. The average Bonchev–Trinajstić information content (AvgIpc) is 2.45. The van der Waals surface area contributed by atoms with Crippen LogP contribution in [0.1, 0.15) is 31.2 Å². The third kappa shape index (κ3) is 5.43. The molecule has 3 atom stereocenters. The molecule has 0 radical (unpaired) electrons. The van der Waals surface area contributed by atoms with E-state index in [0.29, 0.717) is 12.6 Å². The van der Waals surface area contributed by atoms with E-state index < -0.39 is 0 Å². The van der Waals surface area contributed by atoms with Crippen LogP contribution in [0.5, 0.6) is 0 Å². The van der Waals surface area contributed by atoms with Crippen LogP contribution in [-0.2, 0) is 4.79 Å². The Balaban J connectivity index is 0.00000220. The van der Waals surface area contributed by atoms with Gasteiger partial charge >= 0.3 is 0 Å². The van der Waals surface area contributed by atoms with E-state index in [9.17, 15) is 4.79 Å². The number of nitrogens with zero attached hydrogens (tertiary/aromatic N) is 1. The van der Waals surface area contributed by atoms with Crippen LogP contribution in [0.15, 0.2) is 30.3 Å². The van der Waals surface area contributed by atoms with Crippen LogP contribution < -0.4 is 11.1 Å². The molecule has 1 saturated heterocycles. The smallest absolute Gasteiger partial charge is 0.229 e. The highest BCUT2D eigenvalue weighted by atomic mass is 35.5.